The zero-order valence-electron chi connectivity index (χ0n) is 69.7. The van der Waals surface area contributed by atoms with Crippen LogP contribution in [0.4, 0.5) is 0 Å². The molecule has 0 fully saturated rings. The Morgan fingerprint density at radius 3 is 0.717 bits per heavy atom. The van der Waals surface area contributed by atoms with Crippen LogP contribution in [0.25, 0.3) is 0 Å². The van der Waals surface area contributed by atoms with E-state index in [1.807, 2.05) is 0 Å². The highest BCUT2D eigenvalue weighted by atomic mass is 31.2. The summed E-state index contributed by atoms with van der Waals surface area (Å²) in [6.07, 6.45) is 70.6. The summed E-state index contributed by atoms with van der Waals surface area (Å²) < 4.78 is 69.0. The van der Waals surface area contributed by atoms with E-state index in [9.17, 15) is 43.2 Å². The van der Waals surface area contributed by atoms with Gasteiger partial charge in [-0.3, -0.25) is 37.3 Å². The monoisotopic (exact) mass is 1550 g/mol. The Labute approximate surface area is 651 Å². The number of rotatable bonds is 86. The van der Waals surface area contributed by atoms with E-state index < -0.39 is 97.5 Å². The number of hydrogen-bond acceptors (Lipinski definition) is 15. The van der Waals surface area contributed by atoms with Crippen molar-refractivity contribution in [3.63, 3.8) is 0 Å². The first-order valence-electron chi connectivity index (χ1n) is 45.0. The summed E-state index contributed by atoms with van der Waals surface area (Å²) in [4.78, 5) is 73.3. The molecule has 0 bridgehead atoms. The molecule has 0 aromatic heterocycles. The van der Waals surface area contributed by atoms with Crippen molar-refractivity contribution in [2.75, 3.05) is 39.6 Å². The average molecular weight is 1550 g/mol. The summed E-state index contributed by atoms with van der Waals surface area (Å²) in [6.45, 7) is 9.77. The van der Waals surface area contributed by atoms with Crippen molar-refractivity contribution in [1.82, 2.24) is 0 Å². The lowest BCUT2D eigenvalue weighted by Crippen LogP contribution is -2.30. The minimum absolute atomic E-state index is 0.108. The predicted octanol–water partition coefficient (Wildman–Crippen LogP) is 26.6. The molecule has 0 heterocycles. The number of hydrogen-bond donors (Lipinski definition) is 3. The fourth-order valence-corrected chi connectivity index (χ4v) is 15.1. The molecule has 6 atom stereocenters. The second-order valence-corrected chi connectivity index (χ2v) is 34.9. The molecule has 19 heteroatoms. The van der Waals surface area contributed by atoms with E-state index in [1.54, 1.807) is 0 Å². The molecular weight excluding hydrogens is 1380 g/mol. The van der Waals surface area contributed by atoms with Gasteiger partial charge in [0.15, 0.2) is 12.2 Å². The van der Waals surface area contributed by atoms with E-state index in [2.05, 4.69) is 41.5 Å². The minimum Gasteiger partial charge on any atom is -0.462 e. The van der Waals surface area contributed by atoms with Crippen molar-refractivity contribution in [2.24, 2.45) is 11.8 Å². The number of ether oxygens (including phenoxy) is 4. The van der Waals surface area contributed by atoms with E-state index in [0.29, 0.717) is 25.7 Å². The van der Waals surface area contributed by atoms with Crippen molar-refractivity contribution in [1.29, 1.82) is 0 Å². The van der Waals surface area contributed by atoms with Crippen LogP contribution >= 0.6 is 15.6 Å². The van der Waals surface area contributed by atoms with E-state index >= 15 is 0 Å². The van der Waals surface area contributed by atoms with Gasteiger partial charge in [0.2, 0.25) is 0 Å². The minimum atomic E-state index is -4.97. The summed E-state index contributed by atoms with van der Waals surface area (Å²) in [7, 11) is -9.93. The number of aliphatic hydroxyl groups excluding tert-OH is 1. The van der Waals surface area contributed by atoms with Crippen LogP contribution in [0.3, 0.4) is 0 Å². The molecule has 0 saturated heterocycles. The number of aliphatic hydroxyl groups is 1. The standard InChI is InChI=1S/C87H170O17P2/c1-7-10-12-14-16-18-20-22-23-24-27-35-41-47-53-59-65-71-86(91)103-82(75-97-84(89)69-63-57-51-45-39-31-21-19-17-15-13-11-8-2)77-101-105(93,94)99-73-81(88)74-100-106(95,96)102-78-83(104-87(92)72-66-60-54-48-42-36-28-25-26-32-37-43-49-55-61-67-79(4)5)76-98-85(90)70-64-58-52-46-40-34-30-29-33-38-44-50-56-62-68-80(6)9-3/h79-83,88H,7-78H2,1-6H3,(H,93,94)(H,95,96)/t80?,81-,82+,83+/m0/s1. The maximum absolute atomic E-state index is 13.2. The van der Waals surface area contributed by atoms with Crippen LogP contribution in [0, 0.1) is 11.8 Å². The summed E-state index contributed by atoms with van der Waals surface area (Å²) >= 11 is 0. The highest BCUT2D eigenvalue weighted by molar-refractivity contribution is 7.47. The van der Waals surface area contributed by atoms with E-state index in [0.717, 1.165) is 102 Å². The lowest BCUT2D eigenvalue weighted by atomic mass is 9.99. The second kappa shape index (κ2) is 78.3. The summed E-state index contributed by atoms with van der Waals surface area (Å²) in [6, 6.07) is 0. The molecule has 0 saturated carbocycles. The Bertz CT molecular complexity index is 2030. The molecule has 3 unspecified atom stereocenters. The van der Waals surface area contributed by atoms with E-state index in [4.69, 9.17) is 37.0 Å². The third-order valence-electron chi connectivity index (χ3n) is 20.8. The van der Waals surface area contributed by atoms with Gasteiger partial charge in [-0.2, -0.15) is 0 Å². The zero-order valence-corrected chi connectivity index (χ0v) is 71.5. The Hall–Kier alpha value is -1.94. The number of phosphoric ester groups is 2. The molecule has 0 aromatic carbocycles. The van der Waals surface area contributed by atoms with Crippen LogP contribution in [-0.2, 0) is 65.4 Å². The van der Waals surface area contributed by atoms with Gasteiger partial charge >= 0.3 is 39.5 Å². The molecule has 3 N–H and O–H groups in total. The molecule has 0 aliphatic heterocycles. The third kappa shape index (κ3) is 78.7. The van der Waals surface area contributed by atoms with Crippen molar-refractivity contribution < 1.29 is 80.2 Å². The van der Waals surface area contributed by atoms with Crippen LogP contribution in [0.15, 0.2) is 0 Å². The van der Waals surface area contributed by atoms with E-state index in [-0.39, 0.29) is 25.7 Å². The smallest absolute Gasteiger partial charge is 0.462 e. The maximum Gasteiger partial charge on any atom is 0.472 e. The number of esters is 4. The Morgan fingerprint density at radius 2 is 0.481 bits per heavy atom. The Morgan fingerprint density at radius 1 is 0.274 bits per heavy atom. The van der Waals surface area contributed by atoms with Gasteiger partial charge in [-0.25, -0.2) is 9.13 Å². The fraction of sp³-hybridized carbons (Fsp3) is 0.954. The normalized spacial score (nSPS) is 14.1. The van der Waals surface area contributed by atoms with Gasteiger partial charge < -0.3 is 33.8 Å². The van der Waals surface area contributed by atoms with Crippen LogP contribution in [0.1, 0.15) is 465 Å². The molecule has 630 valence electrons. The predicted molar refractivity (Wildman–Crippen MR) is 437 cm³/mol. The average Bonchev–Trinajstić information content (AvgIpc) is 0.901. The Balaban J connectivity index is 5.27. The number of unbranched alkanes of at least 4 members (excludes halogenated alkanes) is 55. The molecule has 0 aliphatic rings. The zero-order chi connectivity index (χ0) is 77.8. The first-order chi connectivity index (χ1) is 51.4. The quantitative estimate of drug-likeness (QED) is 0.0222. The van der Waals surface area contributed by atoms with E-state index in [1.165, 1.54) is 283 Å². The van der Waals surface area contributed by atoms with Crippen LogP contribution in [-0.4, -0.2) is 96.7 Å². The first kappa shape index (κ1) is 104. The maximum atomic E-state index is 13.2. The molecule has 0 radical (unpaired) electrons. The lowest BCUT2D eigenvalue weighted by Gasteiger charge is -2.21. The highest BCUT2D eigenvalue weighted by Gasteiger charge is 2.30. The first-order valence-corrected chi connectivity index (χ1v) is 48.0. The van der Waals surface area contributed by atoms with Crippen LogP contribution in [0.2, 0.25) is 0 Å². The topological polar surface area (TPSA) is 237 Å². The van der Waals surface area contributed by atoms with Gasteiger partial charge in [0.25, 0.3) is 0 Å². The number of phosphoric acid groups is 2. The molecule has 106 heavy (non-hydrogen) atoms. The molecule has 0 spiro atoms. The van der Waals surface area contributed by atoms with Crippen LogP contribution < -0.4 is 0 Å². The summed E-state index contributed by atoms with van der Waals surface area (Å²) in [5, 5.41) is 10.7. The van der Waals surface area contributed by atoms with Gasteiger partial charge in [-0.05, 0) is 37.5 Å². The van der Waals surface area contributed by atoms with Crippen molar-refractivity contribution >= 4 is 39.5 Å². The lowest BCUT2D eigenvalue weighted by molar-refractivity contribution is -0.161. The summed E-state index contributed by atoms with van der Waals surface area (Å²) in [5.74, 6) is -0.445. The van der Waals surface area contributed by atoms with Crippen molar-refractivity contribution in [3.8, 4) is 0 Å². The number of carbonyl (C=O) groups is 4. The molecule has 17 nitrogen and oxygen atoms in total. The fourth-order valence-electron chi connectivity index (χ4n) is 13.6. The molecule has 0 aromatic rings. The van der Waals surface area contributed by atoms with Gasteiger partial charge in [-0.1, -0.05) is 414 Å². The van der Waals surface area contributed by atoms with Gasteiger partial charge in [0.05, 0.1) is 26.4 Å². The van der Waals surface area contributed by atoms with Crippen LogP contribution in [0.5, 0.6) is 0 Å². The molecule has 0 aliphatic carbocycles. The molecular formula is C87H170O17P2. The van der Waals surface area contributed by atoms with Crippen molar-refractivity contribution in [2.45, 2.75) is 484 Å². The van der Waals surface area contributed by atoms with Gasteiger partial charge in [0, 0.05) is 25.7 Å². The van der Waals surface area contributed by atoms with Crippen molar-refractivity contribution in [3.05, 3.63) is 0 Å². The molecule has 0 rings (SSSR count). The molecule has 0 amide bonds. The highest BCUT2D eigenvalue weighted by Crippen LogP contribution is 2.45. The summed E-state index contributed by atoms with van der Waals surface area (Å²) in [5.41, 5.74) is 0. The van der Waals surface area contributed by atoms with Gasteiger partial charge in [-0.15, -0.1) is 0 Å². The number of carbonyl (C=O) groups excluding carboxylic acids is 4. The second-order valence-electron chi connectivity index (χ2n) is 32.0. The largest absolute Gasteiger partial charge is 0.472 e. The SMILES string of the molecule is CCCCCCCCCCCCCCCCCCCC(=O)O[C@H](COC(=O)CCCCCCCCCCCCCCC)COP(=O)(O)OC[C@H](O)COP(=O)(O)OC[C@@H](COC(=O)CCCCCCCCCCCCCCCCC(C)CC)OC(=O)CCCCCCCCCCCCCCCCCC(C)C. The Kier molecular flexibility index (Phi) is 76.9. The van der Waals surface area contributed by atoms with Gasteiger partial charge in [0.1, 0.15) is 19.3 Å². The third-order valence-corrected chi connectivity index (χ3v) is 22.7.